The van der Waals surface area contributed by atoms with Gasteiger partial charge in [0.05, 0.1) is 55.1 Å². The summed E-state index contributed by atoms with van der Waals surface area (Å²) >= 11 is 6.78. The number of fused-ring (bicyclic) bond motifs is 20. The number of carbonyl (C=O) groups excluding carboxylic acids is 4. The zero-order chi connectivity index (χ0) is 81.5. The third-order valence-corrected chi connectivity index (χ3v) is 28.1. The highest BCUT2D eigenvalue weighted by Gasteiger charge is 2.43. The number of aryl methyl sites for hydroxylation is 5. The smallest absolute Gasteiger partial charge is 0.240 e. The highest BCUT2D eigenvalue weighted by atomic mass is 32.2. The first-order chi connectivity index (χ1) is 56.0. The lowest BCUT2D eigenvalue weighted by Crippen LogP contribution is -2.34. The standard InChI is InChI=1S/3C24H28N2O2S.C24H28N2OS/c1-5-15-26-21-17(12-10-13-18(21)28-4)20-22(26)16-11-8-9-14-19(16)29-23(20)24(27)25(6-2)7-3;1-5-14-26-19-15-16(28-4)12-13-17(19)21-22(26)18-10-8-9-11-20(18)29-23(21)24(27)25(6-2)7-3;1-5-14-26-19-13-12-16(28-4)15-18(19)21-22(26)17-10-8-9-11-20(17)29-23(21)24(27)25(6-2)7-3;1-5-15-26-19-14-9-8-12-17(19)20-21(26)18-13-10-11-16(4)22(18)28-23(20)24(27)25(6-2)7-3/h8-14,23H,5-7,15H2,1-4H3;2*8-13,15,23H,5-7,14H2,1-4H3;8-14,23H,5-7,15H2,1-4H3. The number of amides is 4. The lowest BCUT2D eigenvalue weighted by molar-refractivity contribution is -0.131. The van der Waals surface area contributed by atoms with E-state index in [1.165, 1.54) is 92.2 Å². The van der Waals surface area contributed by atoms with Crippen LogP contribution in [-0.4, -0.2) is 135 Å². The fourth-order valence-corrected chi connectivity index (χ4v) is 22.7. The van der Waals surface area contributed by atoms with Crippen molar-refractivity contribution in [3.63, 3.8) is 0 Å². The second-order valence-electron chi connectivity index (χ2n) is 29.3. The number of para-hydroxylation sites is 2. The third-order valence-electron chi connectivity index (χ3n) is 22.8. The van der Waals surface area contributed by atoms with Crippen LogP contribution in [-0.2, 0) is 45.4 Å². The van der Waals surface area contributed by atoms with Gasteiger partial charge < -0.3 is 52.1 Å². The predicted molar refractivity (Wildman–Crippen MR) is 481 cm³/mol. The Morgan fingerprint density at radius 1 is 0.330 bits per heavy atom. The first kappa shape index (κ1) is 83.5. The maximum atomic E-state index is 13.6. The van der Waals surface area contributed by atoms with Gasteiger partial charge in [-0.25, -0.2) is 0 Å². The number of carbonyl (C=O) groups is 4. The molecule has 4 amide bonds. The molecular formula is C96H112N8O7S4. The zero-order valence-corrected chi connectivity index (χ0v) is 73.1. The molecule has 15 nitrogen and oxygen atoms in total. The molecule has 8 aromatic carbocycles. The minimum atomic E-state index is -0.243. The van der Waals surface area contributed by atoms with Gasteiger partial charge in [0.1, 0.15) is 38.2 Å². The third kappa shape index (κ3) is 15.5. The van der Waals surface area contributed by atoms with Crippen LogP contribution in [0.25, 0.3) is 88.6 Å². The molecule has 4 atom stereocenters. The van der Waals surface area contributed by atoms with Gasteiger partial charge in [-0.05, 0) is 154 Å². The van der Waals surface area contributed by atoms with Crippen molar-refractivity contribution >= 4 is 114 Å². The summed E-state index contributed by atoms with van der Waals surface area (Å²) in [5.41, 5.74) is 20.2. The molecule has 4 aliphatic rings. The van der Waals surface area contributed by atoms with Gasteiger partial charge in [0.25, 0.3) is 0 Å². The fraction of sp³-hybridized carbons (Fsp3) is 0.375. The van der Waals surface area contributed by atoms with E-state index >= 15 is 0 Å². The fourth-order valence-electron chi connectivity index (χ4n) is 17.4. The Morgan fingerprint density at radius 2 is 0.678 bits per heavy atom. The van der Waals surface area contributed by atoms with E-state index in [1.807, 2.05) is 71.6 Å². The van der Waals surface area contributed by atoms with Crippen LogP contribution in [0, 0.1) is 6.92 Å². The largest absolute Gasteiger partial charge is 0.497 e. The predicted octanol–water partition coefficient (Wildman–Crippen LogP) is 23.3. The molecule has 0 radical (unpaired) electrons. The van der Waals surface area contributed by atoms with Gasteiger partial charge in [0, 0.05) is 181 Å². The van der Waals surface area contributed by atoms with Crippen molar-refractivity contribution in [2.45, 2.75) is 182 Å². The van der Waals surface area contributed by atoms with Crippen molar-refractivity contribution in [1.82, 2.24) is 37.9 Å². The Labute approximate surface area is 696 Å². The van der Waals surface area contributed by atoms with Gasteiger partial charge in [-0.15, -0.1) is 47.0 Å². The Morgan fingerprint density at radius 3 is 1.14 bits per heavy atom. The molecule has 8 heterocycles. The Bertz CT molecular complexity index is 5470. The van der Waals surface area contributed by atoms with Crippen LogP contribution in [0.4, 0.5) is 0 Å². The number of nitrogens with zero attached hydrogens (tertiary/aromatic N) is 8. The van der Waals surface area contributed by atoms with Crippen molar-refractivity contribution in [1.29, 1.82) is 0 Å². The molecule has 4 aromatic heterocycles. The normalized spacial score (nSPS) is 15.2. The maximum Gasteiger partial charge on any atom is 0.240 e. The van der Waals surface area contributed by atoms with E-state index in [9.17, 15) is 19.2 Å². The van der Waals surface area contributed by atoms with Crippen LogP contribution in [0.15, 0.2) is 189 Å². The van der Waals surface area contributed by atoms with Crippen LogP contribution >= 0.6 is 47.0 Å². The first-order valence-electron chi connectivity index (χ1n) is 41.5. The number of rotatable bonds is 23. The van der Waals surface area contributed by atoms with Crippen LogP contribution in [0.5, 0.6) is 17.2 Å². The maximum absolute atomic E-state index is 13.6. The van der Waals surface area contributed by atoms with Gasteiger partial charge in [0.15, 0.2) is 0 Å². The molecule has 16 rings (SSSR count). The van der Waals surface area contributed by atoms with Crippen LogP contribution in [0.1, 0.15) is 158 Å². The quantitative estimate of drug-likeness (QED) is 0.0607. The van der Waals surface area contributed by atoms with E-state index in [-0.39, 0.29) is 44.6 Å². The molecule has 0 fully saturated rings. The molecule has 4 aliphatic heterocycles. The Kier molecular flexibility index (Phi) is 27.1. The summed E-state index contributed by atoms with van der Waals surface area (Å²) in [6.07, 6.45) is 4.13. The Hall–Kier alpha value is -9.40. The van der Waals surface area contributed by atoms with Gasteiger partial charge in [-0.3, -0.25) is 19.2 Å². The summed E-state index contributed by atoms with van der Waals surface area (Å²) < 4.78 is 26.4. The van der Waals surface area contributed by atoms with Crippen molar-refractivity contribution in [3.8, 4) is 62.3 Å². The number of hydrogen-bond donors (Lipinski definition) is 0. The van der Waals surface area contributed by atoms with Crippen LogP contribution in [0.3, 0.4) is 0 Å². The topological polar surface area (TPSA) is 129 Å². The van der Waals surface area contributed by atoms with E-state index in [4.69, 9.17) is 14.2 Å². The molecule has 19 heteroatoms. The average molecular weight is 1620 g/mol. The molecule has 115 heavy (non-hydrogen) atoms. The molecule has 602 valence electrons. The molecule has 0 spiro atoms. The number of ether oxygens (including phenoxy) is 3. The number of likely N-dealkylation sites (N-methyl/N-ethyl adjacent to an activating group) is 4. The monoisotopic (exact) mass is 1620 g/mol. The van der Waals surface area contributed by atoms with Crippen molar-refractivity contribution in [3.05, 3.63) is 198 Å². The van der Waals surface area contributed by atoms with E-state index in [0.29, 0.717) is 0 Å². The van der Waals surface area contributed by atoms with Crippen molar-refractivity contribution < 1.29 is 33.4 Å². The molecule has 0 aliphatic carbocycles. The second-order valence-corrected chi connectivity index (χ2v) is 33.8. The minimum absolute atomic E-state index is 0.188. The van der Waals surface area contributed by atoms with E-state index in [2.05, 4.69) is 226 Å². The zero-order valence-electron chi connectivity index (χ0n) is 69.9. The summed E-state index contributed by atoms with van der Waals surface area (Å²) in [6, 6.07) is 59.1. The summed E-state index contributed by atoms with van der Waals surface area (Å²) in [7, 11) is 5.11. The van der Waals surface area contributed by atoms with Crippen molar-refractivity contribution in [2.24, 2.45) is 0 Å². The summed E-state index contributed by atoms with van der Waals surface area (Å²) in [4.78, 5) is 66.8. The Balaban J connectivity index is 0.000000134. The second kappa shape index (κ2) is 37.3. The SMILES string of the molecule is CCCn1c2c(c3cc(OC)ccc31)C(C(=O)N(CC)CC)Sc1ccccc1-2.CCCn1c2c(c3ccc(OC)cc31)C(C(=O)N(CC)CC)Sc1ccccc1-2.CCCn1c2c(c3cccc(OC)c31)C(C(=O)N(CC)CC)Sc1ccccc1-2.CCCn1c2c(c3ccccc31)C(C(=O)N(CC)CC)Sc1c(C)cccc1-2. The molecule has 0 saturated heterocycles. The highest BCUT2D eigenvalue weighted by molar-refractivity contribution is 8.01. The molecule has 4 unspecified atom stereocenters. The van der Waals surface area contributed by atoms with Crippen LogP contribution < -0.4 is 14.2 Å². The lowest BCUT2D eigenvalue weighted by Gasteiger charge is -2.30. The van der Waals surface area contributed by atoms with Gasteiger partial charge >= 0.3 is 0 Å². The van der Waals surface area contributed by atoms with Gasteiger partial charge in [0.2, 0.25) is 23.6 Å². The first-order valence-corrected chi connectivity index (χ1v) is 45.0. The number of hydrogen-bond acceptors (Lipinski definition) is 11. The molecule has 12 aromatic rings. The lowest BCUT2D eigenvalue weighted by atomic mass is 9.99. The average Bonchev–Trinajstić information content (AvgIpc) is 1.59. The number of methoxy groups -OCH3 is 3. The van der Waals surface area contributed by atoms with Gasteiger partial charge in [-0.2, -0.15) is 0 Å². The van der Waals surface area contributed by atoms with E-state index in [1.54, 1.807) is 68.4 Å². The van der Waals surface area contributed by atoms with E-state index < -0.39 is 0 Å². The molecule has 0 saturated carbocycles. The van der Waals surface area contributed by atoms with Crippen molar-refractivity contribution in [2.75, 3.05) is 73.7 Å². The van der Waals surface area contributed by atoms with Gasteiger partial charge in [-0.1, -0.05) is 131 Å². The number of aromatic nitrogens is 4. The molecule has 0 bridgehead atoms. The van der Waals surface area contributed by atoms with E-state index in [0.717, 1.165) is 165 Å². The summed E-state index contributed by atoms with van der Waals surface area (Å²) in [5.74, 6) is 3.33. The molecule has 0 N–H and O–H groups in total. The summed E-state index contributed by atoms with van der Waals surface area (Å²) in [6.45, 7) is 36.9. The number of benzene rings is 8. The minimum Gasteiger partial charge on any atom is -0.497 e. The molecular weight excluding hydrogens is 1510 g/mol. The van der Waals surface area contributed by atoms with Crippen LogP contribution in [0.2, 0.25) is 0 Å². The number of thioether (sulfide) groups is 4. The highest BCUT2D eigenvalue weighted by Crippen LogP contribution is 2.59. The summed E-state index contributed by atoms with van der Waals surface area (Å²) in [5, 5.41) is 3.72.